The molecule has 0 N–H and O–H groups in total. The second-order valence-electron chi connectivity index (χ2n) is 3.85. The summed E-state index contributed by atoms with van der Waals surface area (Å²) in [5, 5.41) is 0. The second-order valence-corrected chi connectivity index (χ2v) is 4.77. The molecule has 0 bridgehead atoms. The van der Waals surface area contributed by atoms with Gasteiger partial charge in [-0.1, -0.05) is 0 Å². The van der Waals surface area contributed by atoms with Crippen LogP contribution in [0.2, 0.25) is 0 Å². The van der Waals surface area contributed by atoms with Gasteiger partial charge in [-0.3, -0.25) is 9.20 Å². The lowest BCUT2D eigenvalue weighted by Gasteiger charge is -1.96. The third-order valence-electron chi connectivity index (χ3n) is 2.72. The van der Waals surface area contributed by atoms with E-state index in [1.54, 1.807) is 0 Å². The zero-order chi connectivity index (χ0) is 10.4. The quantitative estimate of drug-likeness (QED) is 0.782. The monoisotopic (exact) mass is 264 g/mol. The van der Waals surface area contributed by atoms with E-state index < -0.39 is 0 Å². The Kier molecular flexibility index (Phi) is 1.92. The number of pyridine rings is 1. The van der Waals surface area contributed by atoms with Crippen molar-refractivity contribution in [3.8, 4) is 0 Å². The maximum absolute atomic E-state index is 11.1. The number of aromatic nitrogens is 2. The van der Waals surface area contributed by atoms with E-state index in [0.717, 1.165) is 34.9 Å². The number of carbonyl (C=O) groups excluding carboxylic acids is 1. The maximum atomic E-state index is 11.1. The summed E-state index contributed by atoms with van der Waals surface area (Å²) < 4.78 is 2.81. The predicted octanol–water partition coefficient (Wildman–Crippen LogP) is 2.79. The van der Waals surface area contributed by atoms with Crippen molar-refractivity contribution in [1.82, 2.24) is 9.38 Å². The van der Waals surface area contributed by atoms with E-state index in [2.05, 4.69) is 20.9 Å². The lowest BCUT2D eigenvalue weighted by molar-refractivity contribution is 0.111. The van der Waals surface area contributed by atoms with Crippen molar-refractivity contribution in [1.29, 1.82) is 0 Å². The molecule has 1 fully saturated rings. The van der Waals surface area contributed by atoms with Gasteiger partial charge in [0.2, 0.25) is 0 Å². The van der Waals surface area contributed by atoms with Gasteiger partial charge in [0.05, 0.1) is 5.69 Å². The standard InChI is InChI=1S/C11H9BrN2O/c12-8-3-4-10-13-11(7-1-2-7)9(6-15)14(10)5-8/h3-7H,1-2H2. The van der Waals surface area contributed by atoms with Crippen LogP contribution in [0.4, 0.5) is 0 Å². The number of imidazole rings is 1. The summed E-state index contributed by atoms with van der Waals surface area (Å²) in [6, 6.07) is 3.86. The van der Waals surface area contributed by atoms with Crippen LogP contribution in [0.3, 0.4) is 0 Å². The topological polar surface area (TPSA) is 34.4 Å². The van der Waals surface area contributed by atoms with E-state index in [1.165, 1.54) is 0 Å². The minimum Gasteiger partial charge on any atom is -0.296 e. The van der Waals surface area contributed by atoms with E-state index in [0.29, 0.717) is 11.6 Å². The van der Waals surface area contributed by atoms with Crippen LogP contribution in [-0.2, 0) is 0 Å². The van der Waals surface area contributed by atoms with Gasteiger partial charge in [-0.05, 0) is 40.9 Å². The van der Waals surface area contributed by atoms with Crippen LogP contribution in [-0.4, -0.2) is 15.7 Å². The van der Waals surface area contributed by atoms with Gasteiger partial charge < -0.3 is 0 Å². The highest BCUT2D eigenvalue weighted by Gasteiger charge is 2.29. The van der Waals surface area contributed by atoms with Gasteiger partial charge in [-0.15, -0.1) is 0 Å². The van der Waals surface area contributed by atoms with Crippen molar-refractivity contribution in [2.75, 3.05) is 0 Å². The number of aldehydes is 1. The molecule has 0 radical (unpaired) electrons. The first kappa shape index (κ1) is 9.09. The summed E-state index contributed by atoms with van der Waals surface area (Å²) in [5.74, 6) is 0.504. The Hall–Kier alpha value is -1.16. The molecule has 3 nitrogen and oxygen atoms in total. The fourth-order valence-electron chi connectivity index (χ4n) is 1.83. The van der Waals surface area contributed by atoms with Crippen LogP contribution in [0.15, 0.2) is 22.8 Å². The summed E-state index contributed by atoms with van der Waals surface area (Å²) in [5.41, 5.74) is 2.51. The van der Waals surface area contributed by atoms with Crippen molar-refractivity contribution < 1.29 is 4.79 Å². The van der Waals surface area contributed by atoms with Crippen LogP contribution in [0.25, 0.3) is 5.65 Å². The first-order valence-electron chi connectivity index (χ1n) is 4.92. The molecule has 0 aliphatic heterocycles. The Morgan fingerprint density at radius 2 is 2.27 bits per heavy atom. The summed E-state index contributed by atoms with van der Waals surface area (Å²) in [7, 11) is 0. The van der Waals surface area contributed by atoms with Crippen LogP contribution in [0.5, 0.6) is 0 Å². The number of hydrogen-bond donors (Lipinski definition) is 0. The van der Waals surface area contributed by atoms with Crippen molar-refractivity contribution >= 4 is 27.9 Å². The molecule has 76 valence electrons. The number of carbonyl (C=O) groups is 1. The first-order chi connectivity index (χ1) is 7.29. The molecule has 1 aliphatic carbocycles. The lowest BCUT2D eigenvalue weighted by atomic mass is 10.2. The number of fused-ring (bicyclic) bond motifs is 1. The van der Waals surface area contributed by atoms with Gasteiger partial charge in [0.15, 0.2) is 6.29 Å². The third kappa shape index (κ3) is 1.40. The van der Waals surface area contributed by atoms with E-state index in [-0.39, 0.29) is 0 Å². The third-order valence-corrected chi connectivity index (χ3v) is 3.19. The molecule has 0 spiro atoms. The molecule has 15 heavy (non-hydrogen) atoms. The molecule has 1 saturated carbocycles. The van der Waals surface area contributed by atoms with Crippen LogP contribution < -0.4 is 0 Å². The van der Waals surface area contributed by atoms with Crippen LogP contribution >= 0.6 is 15.9 Å². The molecule has 0 unspecified atom stereocenters. The molecule has 0 atom stereocenters. The fourth-order valence-corrected chi connectivity index (χ4v) is 2.17. The minimum atomic E-state index is 0.504. The Balaban J connectivity index is 2.32. The van der Waals surface area contributed by atoms with Gasteiger partial charge in [-0.2, -0.15) is 0 Å². The SMILES string of the molecule is O=Cc1c(C2CC2)nc2ccc(Br)cn12. The van der Waals surface area contributed by atoms with Gasteiger partial charge in [0, 0.05) is 16.6 Å². The van der Waals surface area contributed by atoms with Gasteiger partial charge in [-0.25, -0.2) is 4.98 Å². The molecule has 0 saturated heterocycles. The Morgan fingerprint density at radius 3 is 2.93 bits per heavy atom. The molecule has 0 aromatic carbocycles. The highest BCUT2D eigenvalue weighted by atomic mass is 79.9. The minimum absolute atomic E-state index is 0.504. The predicted molar refractivity (Wildman–Crippen MR) is 60.3 cm³/mol. The molecule has 3 rings (SSSR count). The lowest BCUT2D eigenvalue weighted by Crippen LogP contribution is -1.93. The van der Waals surface area contributed by atoms with Crippen molar-refractivity contribution in [2.45, 2.75) is 18.8 Å². The Morgan fingerprint density at radius 1 is 1.47 bits per heavy atom. The van der Waals surface area contributed by atoms with E-state index in [4.69, 9.17) is 0 Å². The molecular formula is C11H9BrN2O. The van der Waals surface area contributed by atoms with Gasteiger partial charge in [0.25, 0.3) is 0 Å². The van der Waals surface area contributed by atoms with Crippen molar-refractivity contribution in [3.63, 3.8) is 0 Å². The Labute approximate surface area is 95.3 Å². The number of nitrogens with zero attached hydrogens (tertiary/aromatic N) is 2. The number of halogens is 1. The first-order valence-corrected chi connectivity index (χ1v) is 5.71. The van der Waals surface area contributed by atoms with E-state index in [1.807, 2.05) is 22.7 Å². The summed E-state index contributed by atoms with van der Waals surface area (Å²) >= 11 is 3.39. The summed E-state index contributed by atoms with van der Waals surface area (Å²) in [6.45, 7) is 0. The summed E-state index contributed by atoms with van der Waals surface area (Å²) in [4.78, 5) is 15.6. The zero-order valence-electron chi connectivity index (χ0n) is 7.98. The number of rotatable bonds is 2. The molecule has 1 aliphatic rings. The average Bonchev–Trinajstić information content (AvgIpc) is 3.00. The fraction of sp³-hybridized carbons (Fsp3) is 0.273. The molecule has 2 heterocycles. The average molecular weight is 265 g/mol. The molecular weight excluding hydrogens is 256 g/mol. The normalized spacial score (nSPS) is 15.8. The van der Waals surface area contributed by atoms with Crippen molar-refractivity contribution in [3.05, 3.63) is 34.2 Å². The molecule has 4 heteroatoms. The van der Waals surface area contributed by atoms with Crippen LogP contribution in [0, 0.1) is 0 Å². The largest absolute Gasteiger partial charge is 0.296 e. The van der Waals surface area contributed by atoms with Crippen LogP contribution in [0.1, 0.15) is 34.9 Å². The molecule has 2 aromatic rings. The Bertz CT molecular complexity index is 543. The highest BCUT2D eigenvalue weighted by molar-refractivity contribution is 9.10. The number of hydrogen-bond acceptors (Lipinski definition) is 2. The summed E-state index contributed by atoms with van der Waals surface area (Å²) in [6.07, 6.45) is 5.11. The molecule has 0 amide bonds. The zero-order valence-corrected chi connectivity index (χ0v) is 9.57. The van der Waals surface area contributed by atoms with Gasteiger partial charge >= 0.3 is 0 Å². The highest BCUT2D eigenvalue weighted by Crippen LogP contribution is 2.41. The van der Waals surface area contributed by atoms with E-state index in [9.17, 15) is 4.79 Å². The maximum Gasteiger partial charge on any atom is 0.168 e. The second kappa shape index (κ2) is 3.17. The van der Waals surface area contributed by atoms with Crippen molar-refractivity contribution in [2.24, 2.45) is 0 Å². The van der Waals surface area contributed by atoms with Gasteiger partial charge in [0.1, 0.15) is 11.3 Å². The van der Waals surface area contributed by atoms with E-state index >= 15 is 0 Å². The smallest absolute Gasteiger partial charge is 0.168 e. The molecule has 2 aromatic heterocycles.